The Balaban J connectivity index is 0.00000338. The van der Waals surface area contributed by atoms with E-state index in [-0.39, 0.29) is 29.7 Å². The van der Waals surface area contributed by atoms with Gasteiger partial charge in [-0.15, -0.1) is 24.0 Å². The summed E-state index contributed by atoms with van der Waals surface area (Å²) in [4.78, 5) is 4.47. The minimum Gasteiger partial charge on any atom is -0.496 e. The highest BCUT2D eigenvalue weighted by Crippen LogP contribution is 2.17. The molecule has 9 heteroatoms. The fraction of sp³-hybridized carbons (Fsp3) is 0.588. The molecule has 0 spiro atoms. The van der Waals surface area contributed by atoms with Gasteiger partial charge in [-0.25, -0.2) is 12.7 Å². The molecule has 0 bridgehead atoms. The van der Waals surface area contributed by atoms with Crippen LogP contribution < -0.4 is 15.4 Å². The molecule has 0 unspecified atom stereocenters. The third-order valence-electron chi connectivity index (χ3n) is 4.05. The number of guanidine groups is 1. The predicted molar refractivity (Wildman–Crippen MR) is 116 cm³/mol. The van der Waals surface area contributed by atoms with E-state index in [4.69, 9.17) is 4.74 Å². The fourth-order valence-corrected chi connectivity index (χ4v) is 4.30. The molecule has 0 atom stereocenters. The van der Waals surface area contributed by atoms with E-state index >= 15 is 0 Å². The van der Waals surface area contributed by atoms with Crippen molar-refractivity contribution in [1.29, 1.82) is 0 Å². The number of ether oxygens (including phenoxy) is 1. The number of sulfonamides is 1. The topological polar surface area (TPSA) is 83.0 Å². The van der Waals surface area contributed by atoms with Gasteiger partial charge in [-0.1, -0.05) is 18.2 Å². The van der Waals surface area contributed by atoms with Gasteiger partial charge in [0.2, 0.25) is 10.0 Å². The van der Waals surface area contributed by atoms with E-state index in [0.29, 0.717) is 38.6 Å². The Morgan fingerprint density at radius 2 is 2.08 bits per heavy atom. The molecule has 2 rings (SSSR count). The Morgan fingerprint density at radius 3 is 2.73 bits per heavy atom. The van der Waals surface area contributed by atoms with Gasteiger partial charge in [-0.3, -0.25) is 4.99 Å². The summed E-state index contributed by atoms with van der Waals surface area (Å²) in [5, 5.41) is 6.47. The highest BCUT2D eigenvalue weighted by atomic mass is 127. The molecule has 1 aliphatic rings. The molecule has 0 aliphatic carbocycles. The SMILES string of the molecule is CCNC(=NCCN1CCCS1(=O)=O)NCCc1ccccc1OC.I. The van der Waals surface area contributed by atoms with Crippen LogP contribution in [0.1, 0.15) is 18.9 Å². The molecular formula is C17H29IN4O3S. The van der Waals surface area contributed by atoms with Crippen molar-refractivity contribution in [3.63, 3.8) is 0 Å². The van der Waals surface area contributed by atoms with Crippen molar-refractivity contribution < 1.29 is 13.2 Å². The Hall–Kier alpha value is -1.07. The highest BCUT2D eigenvalue weighted by molar-refractivity contribution is 14.0. The van der Waals surface area contributed by atoms with Gasteiger partial charge in [-0.05, 0) is 31.4 Å². The van der Waals surface area contributed by atoms with Crippen LogP contribution in [-0.4, -0.2) is 64.3 Å². The number of nitrogens with one attached hydrogen (secondary N) is 2. The number of methoxy groups -OCH3 is 1. The van der Waals surface area contributed by atoms with Gasteiger partial charge in [0.25, 0.3) is 0 Å². The van der Waals surface area contributed by atoms with Gasteiger partial charge < -0.3 is 15.4 Å². The van der Waals surface area contributed by atoms with E-state index in [1.165, 1.54) is 4.31 Å². The third-order valence-corrected chi connectivity index (χ3v) is 6.00. The molecule has 0 amide bonds. The molecule has 2 N–H and O–H groups in total. The fourth-order valence-electron chi connectivity index (χ4n) is 2.78. The summed E-state index contributed by atoms with van der Waals surface area (Å²) in [6.45, 7) is 4.96. The van der Waals surface area contributed by atoms with Crippen molar-refractivity contribution in [2.24, 2.45) is 4.99 Å². The second-order valence-corrected chi connectivity index (χ2v) is 7.91. The zero-order valence-electron chi connectivity index (χ0n) is 15.4. The van der Waals surface area contributed by atoms with Crippen LogP contribution in [0.4, 0.5) is 0 Å². The van der Waals surface area contributed by atoms with E-state index in [0.717, 1.165) is 24.3 Å². The summed E-state index contributed by atoms with van der Waals surface area (Å²) in [7, 11) is -1.38. The molecule has 7 nitrogen and oxygen atoms in total. The lowest BCUT2D eigenvalue weighted by Crippen LogP contribution is -2.39. The van der Waals surface area contributed by atoms with Crippen LogP contribution in [0.15, 0.2) is 29.3 Å². The van der Waals surface area contributed by atoms with Crippen LogP contribution in [0.25, 0.3) is 0 Å². The molecule has 0 aromatic heterocycles. The van der Waals surface area contributed by atoms with E-state index in [9.17, 15) is 8.42 Å². The molecule has 148 valence electrons. The molecule has 1 aromatic rings. The summed E-state index contributed by atoms with van der Waals surface area (Å²) in [6, 6.07) is 7.94. The second-order valence-electron chi connectivity index (χ2n) is 5.82. The maximum Gasteiger partial charge on any atom is 0.214 e. The lowest BCUT2D eigenvalue weighted by molar-refractivity contribution is 0.409. The quantitative estimate of drug-likeness (QED) is 0.324. The molecule has 26 heavy (non-hydrogen) atoms. The first-order valence-corrected chi connectivity index (χ1v) is 10.3. The van der Waals surface area contributed by atoms with Crippen LogP contribution in [-0.2, 0) is 16.4 Å². The molecule has 1 fully saturated rings. The van der Waals surface area contributed by atoms with E-state index in [2.05, 4.69) is 15.6 Å². The van der Waals surface area contributed by atoms with Gasteiger partial charge in [0.15, 0.2) is 5.96 Å². The Morgan fingerprint density at radius 1 is 1.31 bits per heavy atom. The van der Waals surface area contributed by atoms with Crippen molar-refractivity contribution in [3.8, 4) is 5.75 Å². The first kappa shape index (κ1) is 23.0. The number of nitrogens with zero attached hydrogens (tertiary/aromatic N) is 2. The van der Waals surface area contributed by atoms with Crippen LogP contribution in [0.3, 0.4) is 0 Å². The van der Waals surface area contributed by atoms with Gasteiger partial charge in [0.1, 0.15) is 5.75 Å². The monoisotopic (exact) mass is 496 g/mol. The number of para-hydroxylation sites is 1. The number of hydrogen-bond acceptors (Lipinski definition) is 4. The zero-order valence-corrected chi connectivity index (χ0v) is 18.5. The molecular weight excluding hydrogens is 467 g/mol. The molecule has 1 saturated heterocycles. The number of aliphatic imine (C=N–C) groups is 1. The molecule has 1 aromatic carbocycles. The van der Waals surface area contributed by atoms with Crippen LogP contribution in [0.2, 0.25) is 0 Å². The first-order valence-electron chi connectivity index (χ1n) is 8.68. The summed E-state index contributed by atoms with van der Waals surface area (Å²) < 4.78 is 30.5. The largest absolute Gasteiger partial charge is 0.496 e. The second kappa shape index (κ2) is 11.6. The Labute approximate surface area is 173 Å². The first-order chi connectivity index (χ1) is 12.1. The van der Waals surface area contributed by atoms with Gasteiger partial charge in [0.05, 0.1) is 19.4 Å². The molecule has 0 saturated carbocycles. The number of rotatable bonds is 8. The maximum atomic E-state index is 11.8. The minimum atomic E-state index is -3.05. The number of halogens is 1. The van der Waals surface area contributed by atoms with E-state index < -0.39 is 10.0 Å². The number of hydrogen-bond donors (Lipinski definition) is 2. The van der Waals surface area contributed by atoms with Gasteiger partial charge >= 0.3 is 0 Å². The lowest BCUT2D eigenvalue weighted by atomic mass is 10.1. The van der Waals surface area contributed by atoms with Crippen molar-refractivity contribution in [2.45, 2.75) is 19.8 Å². The van der Waals surface area contributed by atoms with E-state index in [1.54, 1.807) is 7.11 Å². The van der Waals surface area contributed by atoms with Gasteiger partial charge in [0, 0.05) is 26.2 Å². The predicted octanol–water partition coefficient (Wildman–Crippen LogP) is 1.45. The van der Waals surface area contributed by atoms with Crippen LogP contribution in [0.5, 0.6) is 5.75 Å². The summed E-state index contributed by atoms with van der Waals surface area (Å²) in [6.07, 6.45) is 1.53. The summed E-state index contributed by atoms with van der Waals surface area (Å²) in [5.41, 5.74) is 1.14. The lowest BCUT2D eigenvalue weighted by Gasteiger charge is -2.15. The third kappa shape index (κ3) is 6.92. The maximum absolute atomic E-state index is 11.8. The average Bonchev–Trinajstić information content (AvgIpc) is 2.94. The van der Waals surface area contributed by atoms with Crippen molar-refractivity contribution in [3.05, 3.63) is 29.8 Å². The molecule has 1 heterocycles. The van der Waals surface area contributed by atoms with Crippen LogP contribution in [0, 0.1) is 0 Å². The number of benzene rings is 1. The Bertz CT molecular complexity index is 682. The smallest absolute Gasteiger partial charge is 0.214 e. The molecule has 0 radical (unpaired) electrons. The normalized spacial score (nSPS) is 16.8. The summed E-state index contributed by atoms with van der Waals surface area (Å²) in [5.74, 6) is 1.84. The van der Waals surface area contributed by atoms with Crippen molar-refractivity contribution in [1.82, 2.24) is 14.9 Å². The minimum absolute atomic E-state index is 0. The zero-order chi connectivity index (χ0) is 18.1. The molecule has 1 aliphatic heterocycles. The van der Waals surface area contributed by atoms with E-state index in [1.807, 2.05) is 31.2 Å². The average molecular weight is 496 g/mol. The van der Waals surface area contributed by atoms with Crippen molar-refractivity contribution >= 4 is 40.0 Å². The summed E-state index contributed by atoms with van der Waals surface area (Å²) >= 11 is 0. The van der Waals surface area contributed by atoms with Gasteiger partial charge in [-0.2, -0.15) is 0 Å². The Kier molecular flexibility index (Phi) is 10.3. The van der Waals surface area contributed by atoms with Crippen LogP contribution >= 0.6 is 24.0 Å². The highest BCUT2D eigenvalue weighted by Gasteiger charge is 2.27. The standard InChI is InChI=1S/C17H28N4O3S.HI/c1-3-18-17(20-11-13-21-12-6-14-25(21,22)23)19-10-9-15-7-4-5-8-16(15)24-2;/h4-5,7-8H,3,6,9-14H2,1-2H3,(H2,18,19,20);1H. The van der Waals surface area contributed by atoms with Crippen molar-refractivity contribution in [2.75, 3.05) is 45.6 Å².